The Bertz CT molecular complexity index is 1570. The summed E-state index contributed by atoms with van der Waals surface area (Å²) in [5.41, 5.74) is 4.48. The second-order valence-electron chi connectivity index (χ2n) is 11.8. The first-order valence-corrected chi connectivity index (χ1v) is 14.4. The number of fused-ring (bicyclic) bond motifs is 2. The van der Waals surface area contributed by atoms with Crippen molar-refractivity contribution in [1.82, 2.24) is 14.9 Å². The number of anilines is 6. The topological polar surface area (TPSA) is 100 Å². The van der Waals surface area contributed by atoms with Gasteiger partial charge in [-0.15, -0.1) is 0 Å². The molecule has 3 heterocycles. The van der Waals surface area contributed by atoms with Crippen molar-refractivity contribution in [3.05, 3.63) is 71.7 Å². The van der Waals surface area contributed by atoms with Gasteiger partial charge in [0.15, 0.2) is 11.6 Å². The van der Waals surface area contributed by atoms with Gasteiger partial charge >= 0.3 is 0 Å². The van der Waals surface area contributed by atoms with Gasteiger partial charge in [-0.3, -0.25) is 4.79 Å². The summed E-state index contributed by atoms with van der Waals surface area (Å²) >= 11 is 0. The Morgan fingerprint density at radius 2 is 1.79 bits per heavy atom. The summed E-state index contributed by atoms with van der Waals surface area (Å²) in [6.07, 6.45) is 4.83. The molecule has 0 unspecified atom stereocenters. The molecule has 2 aromatic carbocycles. The Morgan fingerprint density at radius 1 is 1.07 bits per heavy atom. The van der Waals surface area contributed by atoms with E-state index in [4.69, 9.17) is 0 Å². The summed E-state index contributed by atoms with van der Waals surface area (Å²) < 4.78 is 14.8. The number of nitrogens with one attached hydrogen (secondary N) is 2. The molecule has 42 heavy (non-hydrogen) atoms. The number of rotatable bonds is 7. The summed E-state index contributed by atoms with van der Waals surface area (Å²) in [4.78, 5) is 28.3. The zero-order valence-corrected chi connectivity index (χ0v) is 24.2. The maximum Gasteiger partial charge on any atom is 0.268 e. The summed E-state index contributed by atoms with van der Waals surface area (Å²) in [5, 5.41) is 15.9. The number of allylic oxidation sites excluding steroid dienone is 1. The number of amides is 1. The van der Waals surface area contributed by atoms with Crippen molar-refractivity contribution in [2.45, 2.75) is 32.1 Å². The highest BCUT2D eigenvalue weighted by atomic mass is 19.1. The van der Waals surface area contributed by atoms with E-state index in [0.29, 0.717) is 12.2 Å². The monoisotopic (exact) mass is 566 g/mol. The molecule has 10 heteroatoms. The number of benzene rings is 2. The van der Waals surface area contributed by atoms with Crippen LogP contribution in [0.5, 0.6) is 0 Å². The predicted molar refractivity (Wildman–Crippen MR) is 163 cm³/mol. The molecule has 9 nitrogen and oxygen atoms in total. The second-order valence-corrected chi connectivity index (χ2v) is 11.8. The van der Waals surface area contributed by atoms with E-state index < -0.39 is 5.82 Å². The van der Waals surface area contributed by atoms with Crippen molar-refractivity contribution in [3.63, 3.8) is 0 Å². The highest BCUT2D eigenvalue weighted by Crippen LogP contribution is 2.57. The number of halogens is 1. The van der Waals surface area contributed by atoms with Gasteiger partial charge in [-0.05, 0) is 67.8 Å². The van der Waals surface area contributed by atoms with E-state index in [-0.39, 0.29) is 34.6 Å². The Balaban J connectivity index is 1.20. The largest absolute Gasteiger partial charge is 0.369 e. The van der Waals surface area contributed by atoms with Gasteiger partial charge in [-0.2, -0.15) is 10.2 Å². The van der Waals surface area contributed by atoms with Crippen LogP contribution < -0.4 is 20.4 Å². The first kappa shape index (κ1) is 27.7. The van der Waals surface area contributed by atoms with Crippen LogP contribution in [0.2, 0.25) is 0 Å². The van der Waals surface area contributed by atoms with Crippen LogP contribution in [-0.4, -0.2) is 60.5 Å². The summed E-state index contributed by atoms with van der Waals surface area (Å²) in [7, 11) is 2.14. The van der Waals surface area contributed by atoms with Gasteiger partial charge in [-0.25, -0.2) is 9.37 Å². The van der Waals surface area contributed by atoms with Crippen LogP contribution in [0.25, 0.3) is 0 Å². The molecule has 1 aromatic heterocycles. The number of hydrogen-bond donors (Lipinski definition) is 2. The molecule has 1 amide bonds. The van der Waals surface area contributed by atoms with E-state index in [9.17, 15) is 14.4 Å². The average Bonchev–Trinajstić information content (AvgIpc) is 3.70. The second kappa shape index (κ2) is 11.1. The van der Waals surface area contributed by atoms with Crippen LogP contribution in [0.3, 0.4) is 0 Å². The molecule has 2 fully saturated rings. The fraction of sp³-hybridized carbons (Fsp3) is 0.375. The van der Waals surface area contributed by atoms with Gasteiger partial charge < -0.3 is 25.3 Å². The first-order valence-electron chi connectivity index (χ1n) is 14.4. The highest BCUT2D eigenvalue weighted by Gasteiger charge is 2.53. The predicted octanol–water partition coefficient (Wildman–Crippen LogP) is 5.34. The molecule has 1 saturated heterocycles. The quantitative estimate of drug-likeness (QED) is 0.292. The van der Waals surface area contributed by atoms with Crippen LogP contribution in [0.1, 0.15) is 32.3 Å². The van der Waals surface area contributed by atoms with E-state index in [1.807, 2.05) is 44.2 Å². The smallest absolute Gasteiger partial charge is 0.268 e. The lowest BCUT2D eigenvalue weighted by Gasteiger charge is -2.34. The molecule has 0 bridgehead atoms. The van der Waals surface area contributed by atoms with Gasteiger partial charge in [0.25, 0.3) is 5.91 Å². The molecule has 1 spiro atoms. The number of nitrogens with zero attached hydrogens (tertiary/aromatic N) is 6. The number of likely N-dealkylation sites (N-methyl/N-ethyl adjacent to an activating group) is 1. The Kier molecular flexibility index (Phi) is 7.29. The van der Waals surface area contributed by atoms with Crippen molar-refractivity contribution in [1.29, 1.82) is 5.26 Å². The third-order valence-electron chi connectivity index (χ3n) is 8.27. The zero-order chi connectivity index (χ0) is 29.4. The molecule has 2 aliphatic heterocycles. The van der Waals surface area contributed by atoms with E-state index in [1.54, 1.807) is 11.0 Å². The Hall–Kier alpha value is -4.49. The molecule has 0 atom stereocenters. The van der Waals surface area contributed by atoms with E-state index in [2.05, 4.69) is 55.7 Å². The number of carbonyl (C=O) groups excluding carboxylic acids is 1. The standard InChI is InChI=1S/C32H35FN8O/c1-21(2)16-22(18-34)30(42)41-20-32(10-11-32)26-9-6-24(17-28(26)41)36-29-27(33)19-35-31(38-29)37-23-4-7-25(8-5-23)40-14-12-39(3)13-15-40/h4-9,16-17,19,21H,10-15,20H2,1-3H3,(H2,35,36,37,38). The summed E-state index contributed by atoms with van der Waals surface area (Å²) in [6.45, 7) is 8.48. The summed E-state index contributed by atoms with van der Waals surface area (Å²) in [6, 6.07) is 15.9. The van der Waals surface area contributed by atoms with Crippen LogP contribution in [-0.2, 0) is 10.2 Å². The fourth-order valence-corrected chi connectivity index (χ4v) is 5.75. The molecule has 3 aromatic rings. The van der Waals surface area contributed by atoms with Crippen LogP contribution in [0.15, 0.2) is 60.3 Å². The molecule has 3 aliphatic rings. The summed E-state index contributed by atoms with van der Waals surface area (Å²) in [5.74, 6) is -0.530. The van der Waals surface area contributed by atoms with Crippen molar-refractivity contribution < 1.29 is 9.18 Å². The maximum absolute atomic E-state index is 14.8. The average molecular weight is 567 g/mol. The van der Waals surface area contributed by atoms with Crippen molar-refractivity contribution >= 4 is 40.4 Å². The van der Waals surface area contributed by atoms with E-state index in [1.165, 1.54) is 0 Å². The van der Waals surface area contributed by atoms with Gasteiger partial charge in [0.05, 0.1) is 6.20 Å². The molecule has 1 saturated carbocycles. The Morgan fingerprint density at radius 3 is 2.45 bits per heavy atom. The lowest BCUT2D eigenvalue weighted by Crippen LogP contribution is -2.44. The third kappa shape index (κ3) is 5.52. The van der Waals surface area contributed by atoms with Gasteiger partial charge in [0.2, 0.25) is 5.95 Å². The van der Waals surface area contributed by atoms with Gasteiger partial charge in [-0.1, -0.05) is 26.0 Å². The minimum Gasteiger partial charge on any atom is -0.369 e. The molecule has 216 valence electrons. The van der Waals surface area contributed by atoms with Crippen LogP contribution in [0.4, 0.5) is 38.9 Å². The normalized spacial score (nSPS) is 17.8. The Labute approximate surface area is 245 Å². The zero-order valence-electron chi connectivity index (χ0n) is 24.2. The fourth-order valence-electron chi connectivity index (χ4n) is 5.75. The van der Waals surface area contributed by atoms with Crippen LogP contribution in [0, 0.1) is 23.1 Å². The van der Waals surface area contributed by atoms with Crippen molar-refractivity contribution in [3.8, 4) is 6.07 Å². The number of aromatic nitrogens is 2. The number of nitriles is 1. The highest BCUT2D eigenvalue weighted by molar-refractivity contribution is 6.10. The SMILES string of the molecule is CC(C)C=C(C#N)C(=O)N1CC2(CC2)c2ccc(Nc3nc(Nc4ccc(N5CCN(C)CC5)cc4)ncc3F)cc21. The van der Waals surface area contributed by atoms with E-state index in [0.717, 1.165) is 67.8 Å². The van der Waals surface area contributed by atoms with Crippen molar-refractivity contribution in [2.24, 2.45) is 5.92 Å². The molecular weight excluding hydrogens is 531 g/mol. The lowest BCUT2D eigenvalue weighted by molar-refractivity contribution is -0.114. The lowest BCUT2D eigenvalue weighted by atomic mass is 9.98. The molecule has 0 radical (unpaired) electrons. The number of piperazine rings is 1. The van der Waals surface area contributed by atoms with Crippen LogP contribution >= 0.6 is 0 Å². The number of carbonyl (C=O) groups is 1. The minimum absolute atomic E-state index is 0.0240. The number of hydrogen-bond acceptors (Lipinski definition) is 8. The minimum atomic E-state index is -0.593. The van der Waals surface area contributed by atoms with Crippen molar-refractivity contribution in [2.75, 3.05) is 60.2 Å². The molecular formula is C32H35FN8O. The third-order valence-corrected chi connectivity index (χ3v) is 8.27. The molecule has 1 aliphatic carbocycles. The maximum atomic E-state index is 14.8. The van der Waals surface area contributed by atoms with Gasteiger partial charge in [0, 0.05) is 60.9 Å². The van der Waals surface area contributed by atoms with Gasteiger partial charge in [0.1, 0.15) is 11.6 Å². The molecule has 6 rings (SSSR count). The van der Waals surface area contributed by atoms with E-state index >= 15 is 0 Å². The first-order chi connectivity index (χ1) is 20.2. The molecule has 2 N–H and O–H groups in total.